The fourth-order valence-corrected chi connectivity index (χ4v) is 4.33. The number of rotatable bonds is 17. The van der Waals surface area contributed by atoms with E-state index in [1.54, 1.807) is 19.1 Å². The fourth-order valence-electron chi connectivity index (χ4n) is 4.33. The van der Waals surface area contributed by atoms with Crippen molar-refractivity contribution < 1.29 is 23.8 Å². The molecule has 0 aliphatic carbocycles. The number of carbonyl (C=O) groups is 2. The highest BCUT2D eigenvalue weighted by atomic mass is 16.5. The van der Waals surface area contributed by atoms with E-state index in [0.717, 1.165) is 30.4 Å². The van der Waals surface area contributed by atoms with E-state index in [4.69, 9.17) is 14.2 Å². The minimum atomic E-state index is -0.379. The molecule has 3 aromatic carbocycles. The molecule has 3 aromatic rings. The van der Waals surface area contributed by atoms with Crippen molar-refractivity contribution in [2.75, 3.05) is 6.61 Å². The molecule has 0 spiro atoms. The van der Waals surface area contributed by atoms with E-state index in [-0.39, 0.29) is 24.8 Å². The van der Waals surface area contributed by atoms with Gasteiger partial charge in [0.25, 0.3) is 0 Å². The Bertz CT molecular complexity index is 1120. The van der Waals surface area contributed by atoms with Crippen molar-refractivity contribution in [2.45, 2.75) is 78.4 Å². The monoisotopic (exact) mass is 516 g/mol. The average molecular weight is 517 g/mol. The van der Waals surface area contributed by atoms with Crippen molar-refractivity contribution in [1.82, 2.24) is 0 Å². The minimum absolute atomic E-state index is 0.0162. The zero-order valence-corrected chi connectivity index (χ0v) is 22.7. The second-order valence-corrected chi connectivity index (χ2v) is 9.43. The molecular formula is C33H40O5. The van der Waals surface area contributed by atoms with Gasteiger partial charge in [-0.1, -0.05) is 99.7 Å². The second-order valence-electron chi connectivity index (χ2n) is 9.43. The third kappa shape index (κ3) is 9.70. The molecular weight excluding hydrogens is 476 g/mol. The maximum absolute atomic E-state index is 13.5. The first kappa shape index (κ1) is 29.0. The highest BCUT2D eigenvalue weighted by Crippen LogP contribution is 2.33. The Balaban J connectivity index is 1.88. The van der Waals surface area contributed by atoms with Gasteiger partial charge in [0.2, 0.25) is 0 Å². The molecule has 202 valence electrons. The van der Waals surface area contributed by atoms with Gasteiger partial charge in [-0.05, 0) is 36.1 Å². The minimum Gasteiger partial charge on any atom is -0.489 e. The second kappa shape index (κ2) is 16.3. The number of ketones is 1. The van der Waals surface area contributed by atoms with E-state index in [2.05, 4.69) is 6.92 Å². The van der Waals surface area contributed by atoms with Crippen LogP contribution >= 0.6 is 0 Å². The number of benzene rings is 3. The van der Waals surface area contributed by atoms with Gasteiger partial charge in [-0.25, -0.2) is 0 Å². The molecule has 0 radical (unpaired) electrons. The lowest BCUT2D eigenvalue weighted by Crippen LogP contribution is -2.14. The third-order valence-corrected chi connectivity index (χ3v) is 6.32. The summed E-state index contributed by atoms with van der Waals surface area (Å²) in [5, 5.41) is 0. The Hall–Kier alpha value is -3.60. The van der Waals surface area contributed by atoms with Crippen LogP contribution in [0, 0.1) is 0 Å². The molecule has 38 heavy (non-hydrogen) atoms. The number of esters is 1. The summed E-state index contributed by atoms with van der Waals surface area (Å²) in [6, 6.07) is 23.2. The highest BCUT2D eigenvalue weighted by molar-refractivity contribution is 6.01. The molecule has 5 heteroatoms. The van der Waals surface area contributed by atoms with Crippen LogP contribution in [0.2, 0.25) is 0 Å². The lowest BCUT2D eigenvalue weighted by Gasteiger charge is -2.18. The van der Waals surface area contributed by atoms with Crippen LogP contribution in [0.3, 0.4) is 0 Å². The Morgan fingerprint density at radius 1 is 0.711 bits per heavy atom. The van der Waals surface area contributed by atoms with Crippen LogP contribution in [0.1, 0.15) is 85.8 Å². The van der Waals surface area contributed by atoms with Crippen LogP contribution < -0.4 is 9.47 Å². The summed E-state index contributed by atoms with van der Waals surface area (Å²) < 4.78 is 17.5. The summed E-state index contributed by atoms with van der Waals surface area (Å²) in [6.07, 6.45) is 6.95. The summed E-state index contributed by atoms with van der Waals surface area (Å²) in [7, 11) is 0. The van der Waals surface area contributed by atoms with Crippen molar-refractivity contribution >= 4 is 11.8 Å². The molecule has 0 aliphatic rings. The first-order valence-corrected chi connectivity index (χ1v) is 13.8. The number of ether oxygens (including phenoxy) is 3. The molecule has 0 fully saturated rings. The van der Waals surface area contributed by atoms with Crippen molar-refractivity contribution in [2.24, 2.45) is 0 Å². The number of hydrogen-bond donors (Lipinski definition) is 0. The zero-order valence-electron chi connectivity index (χ0n) is 22.7. The third-order valence-electron chi connectivity index (χ3n) is 6.32. The number of hydrogen-bond acceptors (Lipinski definition) is 5. The Labute approximate surface area is 227 Å². The molecule has 0 heterocycles. The summed E-state index contributed by atoms with van der Waals surface area (Å²) in [5.74, 6) is 0.592. The average Bonchev–Trinajstić information content (AvgIpc) is 2.93. The van der Waals surface area contributed by atoms with Gasteiger partial charge >= 0.3 is 5.97 Å². The summed E-state index contributed by atoms with van der Waals surface area (Å²) >= 11 is 0. The van der Waals surface area contributed by atoms with Crippen molar-refractivity contribution in [3.63, 3.8) is 0 Å². The molecule has 0 unspecified atom stereocenters. The molecule has 0 saturated heterocycles. The van der Waals surface area contributed by atoms with Gasteiger partial charge in [0.1, 0.15) is 24.7 Å². The van der Waals surface area contributed by atoms with Gasteiger partial charge in [0, 0.05) is 12.5 Å². The SMILES string of the molecule is CCCCCCCCC(=O)c1c(CC(=O)OCC)cc(OCc2ccccc2)cc1OCc1ccccc1. The van der Waals surface area contributed by atoms with E-state index >= 15 is 0 Å². The van der Waals surface area contributed by atoms with Crippen molar-refractivity contribution in [3.05, 3.63) is 95.1 Å². The quantitative estimate of drug-likeness (QED) is 0.104. The normalized spacial score (nSPS) is 10.7. The Morgan fingerprint density at radius 2 is 1.32 bits per heavy atom. The lowest BCUT2D eigenvalue weighted by atomic mass is 9.95. The van der Waals surface area contributed by atoms with Crippen molar-refractivity contribution in [3.8, 4) is 11.5 Å². The topological polar surface area (TPSA) is 61.8 Å². The zero-order chi connectivity index (χ0) is 27.0. The van der Waals surface area contributed by atoms with Gasteiger partial charge in [-0.2, -0.15) is 0 Å². The summed E-state index contributed by atoms with van der Waals surface area (Å²) in [4.78, 5) is 26.1. The van der Waals surface area contributed by atoms with Gasteiger partial charge < -0.3 is 14.2 Å². The molecule has 0 aromatic heterocycles. The molecule has 0 atom stereocenters. The largest absolute Gasteiger partial charge is 0.489 e. The van der Waals surface area contributed by atoms with E-state index in [0.29, 0.717) is 42.3 Å². The summed E-state index contributed by atoms with van der Waals surface area (Å²) in [5.41, 5.74) is 3.04. The van der Waals surface area contributed by atoms with Crippen LogP contribution in [-0.4, -0.2) is 18.4 Å². The van der Waals surface area contributed by atoms with Crippen LogP contribution in [-0.2, 0) is 29.2 Å². The number of carbonyl (C=O) groups excluding carboxylic acids is 2. The van der Waals surface area contributed by atoms with Gasteiger partial charge in [0.15, 0.2) is 5.78 Å². The van der Waals surface area contributed by atoms with Gasteiger partial charge in [-0.3, -0.25) is 9.59 Å². The first-order chi connectivity index (χ1) is 18.6. The predicted molar refractivity (Wildman–Crippen MR) is 151 cm³/mol. The lowest BCUT2D eigenvalue weighted by molar-refractivity contribution is -0.142. The molecule has 0 amide bonds. The number of Topliss-reactive ketones (excluding diaryl/α,β-unsaturated/α-hetero) is 1. The standard InChI is InChI=1S/C33H40O5/c1-3-5-6-7-8-15-20-30(34)33-28(22-32(35)36-4-2)21-29(37-24-26-16-11-9-12-17-26)23-31(33)38-25-27-18-13-10-14-19-27/h9-14,16-19,21,23H,3-8,15,20,22,24-25H2,1-2H3. The van der Waals surface area contributed by atoms with Crippen LogP contribution in [0.25, 0.3) is 0 Å². The van der Waals surface area contributed by atoms with E-state index in [9.17, 15) is 9.59 Å². The summed E-state index contributed by atoms with van der Waals surface area (Å²) in [6.45, 7) is 4.92. The highest BCUT2D eigenvalue weighted by Gasteiger charge is 2.22. The maximum atomic E-state index is 13.5. The fraction of sp³-hybridized carbons (Fsp3) is 0.394. The molecule has 0 saturated carbocycles. The molecule has 0 N–H and O–H groups in total. The maximum Gasteiger partial charge on any atom is 0.310 e. The molecule has 5 nitrogen and oxygen atoms in total. The van der Waals surface area contributed by atoms with Gasteiger partial charge in [0.05, 0.1) is 18.6 Å². The predicted octanol–water partition coefficient (Wildman–Crippen LogP) is 7.88. The Kier molecular flexibility index (Phi) is 12.4. The Morgan fingerprint density at radius 3 is 1.95 bits per heavy atom. The van der Waals surface area contributed by atoms with Gasteiger partial charge in [-0.15, -0.1) is 0 Å². The molecule has 0 aliphatic heterocycles. The smallest absolute Gasteiger partial charge is 0.310 e. The van der Waals surface area contributed by atoms with E-state index < -0.39 is 0 Å². The van der Waals surface area contributed by atoms with E-state index in [1.807, 2.05) is 60.7 Å². The van der Waals surface area contributed by atoms with Crippen molar-refractivity contribution in [1.29, 1.82) is 0 Å². The molecule has 3 rings (SSSR count). The number of unbranched alkanes of at least 4 members (excludes halogenated alkanes) is 5. The van der Waals surface area contributed by atoms with Crippen LogP contribution in [0.4, 0.5) is 0 Å². The van der Waals surface area contributed by atoms with Crippen LogP contribution in [0.5, 0.6) is 11.5 Å². The first-order valence-electron chi connectivity index (χ1n) is 13.8. The van der Waals surface area contributed by atoms with E-state index in [1.165, 1.54) is 19.3 Å². The van der Waals surface area contributed by atoms with Crippen LogP contribution in [0.15, 0.2) is 72.8 Å². The molecule has 0 bridgehead atoms.